The van der Waals surface area contributed by atoms with Gasteiger partial charge in [0.05, 0.1) is 11.3 Å². The molecule has 2 aromatic rings. The fourth-order valence-electron chi connectivity index (χ4n) is 2.11. The molecule has 0 saturated heterocycles. The molecule has 2 rings (SSSR count). The van der Waals surface area contributed by atoms with Crippen LogP contribution in [0.25, 0.3) is 5.69 Å². The molecule has 1 heterocycles. The molecule has 0 saturated carbocycles. The van der Waals surface area contributed by atoms with Crippen LogP contribution in [-0.4, -0.2) is 9.55 Å². The van der Waals surface area contributed by atoms with Crippen LogP contribution in [0, 0.1) is 6.92 Å². The van der Waals surface area contributed by atoms with Crippen LogP contribution in [0.2, 0.25) is 5.15 Å². The van der Waals surface area contributed by atoms with Crippen molar-refractivity contribution in [2.45, 2.75) is 26.7 Å². The number of halogens is 2. The molecule has 0 atom stereocenters. The molecule has 0 bridgehead atoms. The van der Waals surface area contributed by atoms with E-state index in [2.05, 4.69) is 20.9 Å². The summed E-state index contributed by atoms with van der Waals surface area (Å²) in [5.41, 5.74) is 0.879. The van der Waals surface area contributed by atoms with E-state index in [0.29, 0.717) is 11.3 Å². The van der Waals surface area contributed by atoms with Crippen molar-refractivity contribution in [2.75, 3.05) is 0 Å². The van der Waals surface area contributed by atoms with Gasteiger partial charge >= 0.3 is 5.69 Å². The van der Waals surface area contributed by atoms with Crippen LogP contribution in [0.3, 0.4) is 0 Å². The zero-order valence-corrected chi connectivity index (χ0v) is 13.7. The van der Waals surface area contributed by atoms with Crippen molar-refractivity contribution in [1.82, 2.24) is 9.55 Å². The van der Waals surface area contributed by atoms with Gasteiger partial charge in [0, 0.05) is 4.47 Å². The number of rotatable bonds is 2. The lowest BCUT2D eigenvalue weighted by Crippen LogP contribution is -2.36. The van der Waals surface area contributed by atoms with Crippen molar-refractivity contribution >= 4 is 27.5 Å². The Morgan fingerprint density at radius 3 is 2.50 bits per heavy atom. The van der Waals surface area contributed by atoms with Gasteiger partial charge in [-0.15, -0.1) is 0 Å². The number of hydrogen-bond donors (Lipinski definition) is 1. The first-order valence-corrected chi connectivity index (χ1v) is 7.31. The highest BCUT2D eigenvalue weighted by atomic mass is 79.9. The molecule has 1 aromatic heterocycles. The van der Waals surface area contributed by atoms with Gasteiger partial charge in [0.15, 0.2) is 0 Å². The molecule has 0 unspecified atom stereocenters. The molecule has 1 aromatic carbocycles. The van der Waals surface area contributed by atoms with Gasteiger partial charge in [-0.1, -0.05) is 41.4 Å². The van der Waals surface area contributed by atoms with Gasteiger partial charge in [0.25, 0.3) is 5.56 Å². The van der Waals surface area contributed by atoms with E-state index in [-0.39, 0.29) is 16.6 Å². The van der Waals surface area contributed by atoms with Crippen LogP contribution in [0.15, 0.2) is 32.3 Å². The van der Waals surface area contributed by atoms with E-state index in [1.807, 2.05) is 26.8 Å². The quantitative estimate of drug-likeness (QED) is 0.838. The molecule has 0 aliphatic carbocycles. The highest BCUT2D eigenvalue weighted by molar-refractivity contribution is 9.10. The van der Waals surface area contributed by atoms with E-state index >= 15 is 0 Å². The second kappa shape index (κ2) is 5.58. The first kappa shape index (κ1) is 15.1. The number of hydrogen-bond acceptors (Lipinski definition) is 2. The van der Waals surface area contributed by atoms with E-state index in [1.54, 1.807) is 12.1 Å². The highest BCUT2D eigenvalue weighted by Gasteiger charge is 2.17. The van der Waals surface area contributed by atoms with Crippen LogP contribution in [0.5, 0.6) is 0 Å². The van der Waals surface area contributed by atoms with Gasteiger partial charge < -0.3 is 0 Å². The summed E-state index contributed by atoms with van der Waals surface area (Å²) in [6.07, 6.45) is 0. The summed E-state index contributed by atoms with van der Waals surface area (Å²) in [7, 11) is 0. The predicted octanol–water partition coefficient (Wildman–Crippen LogP) is 3.37. The summed E-state index contributed by atoms with van der Waals surface area (Å²) in [6, 6.07) is 5.37. The van der Waals surface area contributed by atoms with Crippen LogP contribution in [-0.2, 0) is 0 Å². The smallest absolute Gasteiger partial charge is 0.297 e. The topological polar surface area (TPSA) is 54.9 Å². The first-order chi connectivity index (χ1) is 9.32. The first-order valence-electron chi connectivity index (χ1n) is 6.14. The summed E-state index contributed by atoms with van der Waals surface area (Å²) in [5.74, 6) is -0.0751. The average molecular weight is 358 g/mol. The molecule has 20 heavy (non-hydrogen) atoms. The van der Waals surface area contributed by atoms with Crippen molar-refractivity contribution < 1.29 is 0 Å². The molecule has 0 spiro atoms. The second-order valence-corrected chi connectivity index (χ2v) is 6.18. The molecular weight excluding hydrogens is 344 g/mol. The van der Waals surface area contributed by atoms with Gasteiger partial charge in [-0.25, -0.2) is 9.36 Å². The summed E-state index contributed by atoms with van der Waals surface area (Å²) in [4.78, 5) is 27.2. The summed E-state index contributed by atoms with van der Waals surface area (Å²) >= 11 is 9.34. The van der Waals surface area contributed by atoms with E-state index in [9.17, 15) is 9.59 Å². The maximum atomic E-state index is 12.5. The molecule has 0 radical (unpaired) electrons. The summed E-state index contributed by atoms with van der Waals surface area (Å²) < 4.78 is 2.02. The number of aromatic nitrogens is 2. The highest BCUT2D eigenvalue weighted by Crippen LogP contribution is 2.20. The van der Waals surface area contributed by atoms with Gasteiger partial charge in [-0.2, -0.15) is 0 Å². The monoisotopic (exact) mass is 356 g/mol. The predicted molar refractivity (Wildman–Crippen MR) is 84.2 cm³/mol. The molecule has 4 nitrogen and oxygen atoms in total. The maximum absolute atomic E-state index is 12.5. The number of nitrogens with one attached hydrogen (secondary N) is 1. The lowest BCUT2D eigenvalue weighted by molar-refractivity contribution is 0.775. The zero-order valence-electron chi connectivity index (χ0n) is 11.3. The summed E-state index contributed by atoms with van der Waals surface area (Å²) in [6.45, 7) is 5.56. The lowest BCUT2D eigenvalue weighted by Gasteiger charge is -2.13. The van der Waals surface area contributed by atoms with Gasteiger partial charge in [-0.05, 0) is 36.6 Å². The third-order valence-electron chi connectivity index (χ3n) is 3.07. The van der Waals surface area contributed by atoms with Crippen molar-refractivity contribution in [3.63, 3.8) is 0 Å². The minimum absolute atomic E-state index is 0.0751. The number of benzene rings is 1. The largest absolute Gasteiger partial charge is 0.334 e. The summed E-state index contributed by atoms with van der Waals surface area (Å²) in [5, 5.41) is 0.112. The molecule has 0 aliphatic heterocycles. The maximum Gasteiger partial charge on any atom is 0.334 e. The minimum Gasteiger partial charge on any atom is -0.297 e. The third-order valence-corrected chi connectivity index (χ3v) is 3.86. The Labute approximate surface area is 129 Å². The lowest BCUT2D eigenvalue weighted by atomic mass is 10.1. The van der Waals surface area contributed by atoms with E-state index in [0.717, 1.165) is 14.6 Å². The van der Waals surface area contributed by atoms with Crippen molar-refractivity contribution in [2.24, 2.45) is 0 Å². The normalized spacial score (nSPS) is 11.1. The van der Waals surface area contributed by atoms with Crippen molar-refractivity contribution in [1.29, 1.82) is 0 Å². The van der Waals surface area contributed by atoms with Crippen LogP contribution in [0.4, 0.5) is 0 Å². The van der Waals surface area contributed by atoms with E-state index in [4.69, 9.17) is 11.6 Å². The second-order valence-electron chi connectivity index (χ2n) is 4.88. The van der Waals surface area contributed by atoms with Crippen LogP contribution in [0.1, 0.15) is 30.9 Å². The molecule has 0 amide bonds. The standard InChI is InChI=1S/C14H14BrClN2O2/c1-7(2)11-12(16)17-14(20)18(13(11)19)10-5-4-9(15)6-8(10)3/h4-7H,1-3H3,(H,17,20). The molecule has 1 N–H and O–H groups in total. The fraction of sp³-hybridized carbons (Fsp3) is 0.286. The minimum atomic E-state index is -0.533. The van der Waals surface area contributed by atoms with E-state index < -0.39 is 5.69 Å². The Kier molecular flexibility index (Phi) is 4.20. The Morgan fingerprint density at radius 1 is 1.30 bits per heavy atom. The molecule has 106 valence electrons. The Hall–Kier alpha value is -1.33. The van der Waals surface area contributed by atoms with Gasteiger partial charge in [0.1, 0.15) is 5.15 Å². The average Bonchev–Trinajstić information content (AvgIpc) is 2.30. The molecular formula is C14H14BrClN2O2. The van der Waals surface area contributed by atoms with Crippen molar-refractivity contribution in [3.8, 4) is 5.69 Å². The number of H-pyrrole nitrogens is 1. The van der Waals surface area contributed by atoms with Crippen molar-refractivity contribution in [3.05, 3.63) is 59.8 Å². The number of aromatic amines is 1. The SMILES string of the molecule is Cc1cc(Br)ccc1-n1c(=O)[nH]c(Cl)c(C(C)C)c1=O. The molecule has 0 fully saturated rings. The van der Waals surface area contributed by atoms with Gasteiger partial charge in [0.2, 0.25) is 0 Å². The van der Waals surface area contributed by atoms with Crippen LogP contribution >= 0.6 is 27.5 Å². The molecule has 0 aliphatic rings. The zero-order chi connectivity index (χ0) is 15.0. The Bertz CT molecular complexity index is 778. The third kappa shape index (κ3) is 2.60. The Morgan fingerprint density at radius 2 is 1.95 bits per heavy atom. The fourth-order valence-corrected chi connectivity index (χ4v) is 2.97. The number of aryl methyl sites for hydroxylation is 1. The van der Waals surface area contributed by atoms with Crippen LogP contribution < -0.4 is 11.2 Å². The van der Waals surface area contributed by atoms with Gasteiger partial charge in [-0.3, -0.25) is 9.78 Å². The van der Waals surface area contributed by atoms with E-state index in [1.165, 1.54) is 0 Å². The number of nitrogens with zero attached hydrogens (tertiary/aromatic N) is 1. The Balaban J connectivity index is 2.85. The molecule has 6 heteroatoms.